The molecule has 0 saturated heterocycles. The number of benzene rings is 1. The molecule has 0 radical (unpaired) electrons. The zero-order valence-electron chi connectivity index (χ0n) is 10.5. The second-order valence-corrected chi connectivity index (χ2v) is 5.46. The zero-order chi connectivity index (χ0) is 13.1. The molecule has 0 amide bonds. The summed E-state index contributed by atoms with van der Waals surface area (Å²) in [7, 11) is 0. The van der Waals surface area contributed by atoms with Gasteiger partial charge in [0.05, 0.1) is 6.10 Å². The first-order valence-corrected chi connectivity index (χ1v) is 6.71. The van der Waals surface area contributed by atoms with Crippen molar-refractivity contribution in [1.82, 2.24) is 4.98 Å². The highest BCUT2D eigenvalue weighted by Crippen LogP contribution is 2.22. The van der Waals surface area contributed by atoms with Gasteiger partial charge in [0.2, 0.25) is 0 Å². The monoisotopic (exact) mass is 305 g/mol. The highest BCUT2D eigenvalue weighted by Gasteiger charge is 2.12. The first-order chi connectivity index (χ1) is 8.56. The van der Waals surface area contributed by atoms with E-state index in [1.54, 1.807) is 6.20 Å². The van der Waals surface area contributed by atoms with Gasteiger partial charge in [-0.25, -0.2) is 0 Å². The van der Waals surface area contributed by atoms with Crippen molar-refractivity contribution in [3.63, 3.8) is 0 Å². The lowest BCUT2D eigenvalue weighted by Gasteiger charge is -2.14. The largest absolute Gasteiger partial charge is 0.388 e. The summed E-state index contributed by atoms with van der Waals surface area (Å²) >= 11 is 3.35. The molecule has 1 unspecified atom stereocenters. The molecule has 1 atom stereocenters. The summed E-state index contributed by atoms with van der Waals surface area (Å²) in [6, 6.07) is 10.0. The Hall–Kier alpha value is -1.19. The Labute approximate surface area is 116 Å². The van der Waals surface area contributed by atoms with Gasteiger partial charge in [0.25, 0.3) is 0 Å². The van der Waals surface area contributed by atoms with Crippen LogP contribution in [0.2, 0.25) is 0 Å². The number of aliphatic hydroxyl groups excluding tert-OH is 1. The van der Waals surface area contributed by atoms with E-state index < -0.39 is 6.10 Å². The first kappa shape index (κ1) is 13.2. The normalized spacial score (nSPS) is 12.4. The molecular formula is C15H16BrNO. The van der Waals surface area contributed by atoms with Gasteiger partial charge >= 0.3 is 0 Å². The molecule has 3 heteroatoms. The van der Waals surface area contributed by atoms with Crippen molar-refractivity contribution in [2.75, 3.05) is 0 Å². The van der Waals surface area contributed by atoms with Gasteiger partial charge in [-0.2, -0.15) is 0 Å². The van der Waals surface area contributed by atoms with E-state index in [1.165, 1.54) is 5.56 Å². The number of hydrogen-bond donors (Lipinski definition) is 1. The van der Waals surface area contributed by atoms with Gasteiger partial charge in [-0.1, -0.05) is 23.8 Å². The Bertz CT molecular complexity index is 537. The maximum atomic E-state index is 10.3. The third-order valence-corrected chi connectivity index (χ3v) is 3.45. The van der Waals surface area contributed by atoms with Crippen LogP contribution >= 0.6 is 15.9 Å². The molecule has 1 aromatic heterocycles. The van der Waals surface area contributed by atoms with Crippen molar-refractivity contribution in [2.45, 2.75) is 26.4 Å². The second-order valence-electron chi connectivity index (χ2n) is 4.55. The van der Waals surface area contributed by atoms with E-state index in [4.69, 9.17) is 0 Å². The predicted molar refractivity (Wildman–Crippen MR) is 76.5 cm³/mol. The van der Waals surface area contributed by atoms with Gasteiger partial charge in [-0.15, -0.1) is 0 Å². The zero-order valence-corrected chi connectivity index (χ0v) is 12.1. The summed E-state index contributed by atoms with van der Waals surface area (Å²) in [5.41, 5.74) is 4.16. The Morgan fingerprint density at radius 2 is 2.00 bits per heavy atom. The van der Waals surface area contributed by atoms with Crippen LogP contribution < -0.4 is 0 Å². The number of rotatable bonds is 3. The SMILES string of the molecule is Cc1ccc(C)c(C(O)Cc2ccc(Br)cn2)c1. The standard InChI is InChI=1S/C15H16BrNO/c1-10-3-4-11(2)14(7-10)15(18)8-13-6-5-12(16)9-17-13/h3-7,9,15,18H,8H2,1-2H3. The quantitative estimate of drug-likeness (QED) is 0.937. The van der Waals surface area contributed by atoms with Gasteiger partial charge in [0.15, 0.2) is 0 Å². The number of aryl methyl sites for hydroxylation is 2. The maximum absolute atomic E-state index is 10.3. The number of aliphatic hydroxyl groups is 1. The van der Waals surface area contributed by atoms with Gasteiger partial charge in [0.1, 0.15) is 0 Å². The number of nitrogens with zero attached hydrogens (tertiary/aromatic N) is 1. The average Bonchev–Trinajstić information content (AvgIpc) is 2.35. The summed E-state index contributed by atoms with van der Waals surface area (Å²) in [5.74, 6) is 0. The third-order valence-electron chi connectivity index (χ3n) is 2.98. The highest BCUT2D eigenvalue weighted by atomic mass is 79.9. The molecule has 1 N–H and O–H groups in total. The number of halogens is 1. The van der Waals surface area contributed by atoms with E-state index in [9.17, 15) is 5.11 Å². The van der Waals surface area contributed by atoms with Crippen LogP contribution in [0.25, 0.3) is 0 Å². The Morgan fingerprint density at radius 1 is 1.22 bits per heavy atom. The van der Waals surface area contributed by atoms with Crippen molar-refractivity contribution in [3.05, 3.63) is 63.4 Å². The summed E-state index contributed by atoms with van der Waals surface area (Å²) < 4.78 is 0.951. The Morgan fingerprint density at radius 3 is 2.67 bits per heavy atom. The molecule has 2 aromatic rings. The van der Waals surface area contributed by atoms with Crippen LogP contribution in [-0.4, -0.2) is 10.1 Å². The van der Waals surface area contributed by atoms with Crippen molar-refractivity contribution in [2.24, 2.45) is 0 Å². The molecule has 0 bridgehead atoms. The van der Waals surface area contributed by atoms with Crippen molar-refractivity contribution in [1.29, 1.82) is 0 Å². The summed E-state index contributed by atoms with van der Waals surface area (Å²) in [5, 5.41) is 10.3. The number of aromatic nitrogens is 1. The van der Waals surface area contributed by atoms with Gasteiger partial charge < -0.3 is 5.11 Å². The van der Waals surface area contributed by atoms with E-state index in [0.717, 1.165) is 21.3 Å². The molecule has 1 heterocycles. The summed E-state index contributed by atoms with van der Waals surface area (Å²) in [4.78, 5) is 4.29. The number of pyridine rings is 1. The van der Waals surface area contributed by atoms with Crippen molar-refractivity contribution < 1.29 is 5.11 Å². The molecule has 1 aromatic carbocycles. The third kappa shape index (κ3) is 3.18. The first-order valence-electron chi connectivity index (χ1n) is 5.92. The predicted octanol–water partition coefficient (Wildman–Crippen LogP) is 3.74. The lowest BCUT2D eigenvalue weighted by Crippen LogP contribution is -2.05. The van der Waals surface area contributed by atoms with Crippen LogP contribution in [0, 0.1) is 13.8 Å². The minimum atomic E-state index is -0.501. The van der Waals surface area contributed by atoms with Crippen molar-refractivity contribution in [3.8, 4) is 0 Å². The lowest BCUT2D eigenvalue weighted by molar-refractivity contribution is 0.176. The Balaban J connectivity index is 2.18. The molecule has 0 fully saturated rings. The highest BCUT2D eigenvalue weighted by molar-refractivity contribution is 9.10. The van der Waals surface area contributed by atoms with Crippen LogP contribution in [0.5, 0.6) is 0 Å². The van der Waals surface area contributed by atoms with Crippen LogP contribution in [0.3, 0.4) is 0 Å². The molecular weight excluding hydrogens is 290 g/mol. The van der Waals surface area contributed by atoms with Crippen LogP contribution in [0.4, 0.5) is 0 Å². The van der Waals surface area contributed by atoms with Gasteiger partial charge in [-0.05, 0) is 53.0 Å². The average molecular weight is 306 g/mol. The molecule has 94 valence electrons. The summed E-state index contributed by atoms with van der Waals surface area (Å²) in [6.07, 6.45) is 1.79. The molecule has 2 rings (SSSR count). The van der Waals surface area contributed by atoms with E-state index in [0.29, 0.717) is 6.42 Å². The minimum Gasteiger partial charge on any atom is -0.388 e. The van der Waals surface area contributed by atoms with Crippen molar-refractivity contribution >= 4 is 15.9 Å². The molecule has 0 aliphatic carbocycles. The molecule has 0 saturated carbocycles. The topological polar surface area (TPSA) is 33.1 Å². The van der Waals surface area contributed by atoms with E-state index in [2.05, 4.69) is 27.0 Å². The molecule has 0 aliphatic heterocycles. The number of hydrogen-bond acceptors (Lipinski definition) is 2. The molecule has 2 nitrogen and oxygen atoms in total. The van der Waals surface area contributed by atoms with Gasteiger partial charge in [-0.3, -0.25) is 4.98 Å². The fourth-order valence-corrected chi connectivity index (χ4v) is 2.19. The van der Waals surface area contributed by atoms with Crippen LogP contribution in [-0.2, 0) is 6.42 Å². The van der Waals surface area contributed by atoms with E-state index in [-0.39, 0.29) is 0 Å². The van der Waals surface area contributed by atoms with E-state index >= 15 is 0 Å². The lowest BCUT2D eigenvalue weighted by atomic mass is 9.98. The summed E-state index contributed by atoms with van der Waals surface area (Å²) in [6.45, 7) is 4.06. The van der Waals surface area contributed by atoms with Crippen LogP contribution in [0.1, 0.15) is 28.5 Å². The minimum absolute atomic E-state index is 0.501. The van der Waals surface area contributed by atoms with Gasteiger partial charge in [0, 0.05) is 22.8 Å². The molecule has 0 spiro atoms. The fourth-order valence-electron chi connectivity index (χ4n) is 1.95. The Kier molecular flexibility index (Phi) is 4.15. The van der Waals surface area contributed by atoms with Crippen LogP contribution in [0.15, 0.2) is 41.0 Å². The maximum Gasteiger partial charge on any atom is 0.0848 e. The molecule has 0 aliphatic rings. The molecule has 18 heavy (non-hydrogen) atoms. The smallest absolute Gasteiger partial charge is 0.0848 e. The second kappa shape index (κ2) is 5.63. The fraction of sp³-hybridized carbons (Fsp3) is 0.267. The van der Waals surface area contributed by atoms with E-state index in [1.807, 2.05) is 38.1 Å².